The van der Waals surface area contributed by atoms with Crippen molar-refractivity contribution in [3.63, 3.8) is 0 Å². The van der Waals surface area contributed by atoms with E-state index in [1.165, 1.54) is 5.56 Å². The van der Waals surface area contributed by atoms with Crippen LogP contribution in [0.15, 0.2) is 72.8 Å². The summed E-state index contributed by atoms with van der Waals surface area (Å²) >= 11 is 0. The Bertz CT molecular complexity index is 928. The number of nitrogens with one attached hydrogen (secondary N) is 2. The molecule has 0 saturated heterocycles. The van der Waals surface area contributed by atoms with E-state index >= 15 is 0 Å². The second-order valence-corrected chi connectivity index (χ2v) is 6.40. The number of hydrogen-bond acceptors (Lipinski definition) is 2. The van der Waals surface area contributed by atoms with Gasteiger partial charge in [0.2, 0.25) is 0 Å². The molecule has 136 valence electrons. The van der Waals surface area contributed by atoms with Gasteiger partial charge in [-0.25, -0.2) is 0 Å². The summed E-state index contributed by atoms with van der Waals surface area (Å²) in [6.07, 6.45) is 0.959. The molecule has 0 aromatic heterocycles. The van der Waals surface area contributed by atoms with Gasteiger partial charge in [-0.05, 0) is 67.4 Å². The van der Waals surface area contributed by atoms with Gasteiger partial charge in [0.05, 0.1) is 0 Å². The predicted molar refractivity (Wildman–Crippen MR) is 109 cm³/mol. The maximum atomic E-state index is 12.4. The van der Waals surface area contributed by atoms with Gasteiger partial charge in [-0.2, -0.15) is 0 Å². The standard InChI is InChI=1S/C23H22N2O2/c1-3-17-6-14-21(15-7-17)25-23(27)19-10-8-18(9-11-19)22(26)24-20-12-4-16(2)5-13-20/h4-15H,3H2,1-2H3,(H,24,26)(H,25,27). The minimum Gasteiger partial charge on any atom is -0.322 e. The van der Waals surface area contributed by atoms with Crippen molar-refractivity contribution < 1.29 is 9.59 Å². The number of aryl methyl sites for hydroxylation is 2. The van der Waals surface area contributed by atoms with Gasteiger partial charge in [-0.15, -0.1) is 0 Å². The summed E-state index contributed by atoms with van der Waals surface area (Å²) < 4.78 is 0. The van der Waals surface area contributed by atoms with Crippen LogP contribution < -0.4 is 10.6 Å². The Morgan fingerprint density at radius 2 is 1.07 bits per heavy atom. The molecule has 4 nitrogen and oxygen atoms in total. The first-order valence-corrected chi connectivity index (χ1v) is 8.93. The van der Waals surface area contributed by atoms with Crippen LogP contribution in [0.3, 0.4) is 0 Å². The van der Waals surface area contributed by atoms with Gasteiger partial charge < -0.3 is 10.6 Å². The Labute approximate surface area is 159 Å². The van der Waals surface area contributed by atoms with Crippen molar-refractivity contribution in [3.8, 4) is 0 Å². The SMILES string of the molecule is CCc1ccc(NC(=O)c2ccc(C(=O)Nc3ccc(C)cc3)cc2)cc1. The third-order valence-electron chi connectivity index (χ3n) is 4.34. The minimum absolute atomic E-state index is 0.204. The highest BCUT2D eigenvalue weighted by molar-refractivity contribution is 6.07. The lowest BCUT2D eigenvalue weighted by Gasteiger charge is -2.08. The second-order valence-electron chi connectivity index (χ2n) is 6.40. The topological polar surface area (TPSA) is 58.2 Å². The molecule has 0 aliphatic heterocycles. The first kappa shape index (κ1) is 18.4. The number of amides is 2. The summed E-state index contributed by atoms with van der Waals surface area (Å²) in [6.45, 7) is 4.08. The fourth-order valence-corrected chi connectivity index (χ4v) is 2.64. The van der Waals surface area contributed by atoms with E-state index in [0.717, 1.165) is 23.4 Å². The van der Waals surface area contributed by atoms with Crippen LogP contribution in [0.4, 0.5) is 11.4 Å². The largest absolute Gasteiger partial charge is 0.322 e. The lowest BCUT2D eigenvalue weighted by Crippen LogP contribution is -2.14. The van der Waals surface area contributed by atoms with E-state index in [-0.39, 0.29) is 11.8 Å². The van der Waals surface area contributed by atoms with Crippen molar-refractivity contribution in [2.45, 2.75) is 20.3 Å². The fourth-order valence-electron chi connectivity index (χ4n) is 2.64. The van der Waals surface area contributed by atoms with E-state index in [9.17, 15) is 9.59 Å². The zero-order valence-electron chi connectivity index (χ0n) is 15.5. The summed E-state index contributed by atoms with van der Waals surface area (Å²) in [6, 6.07) is 22.0. The number of benzene rings is 3. The summed E-state index contributed by atoms with van der Waals surface area (Å²) in [7, 11) is 0. The Morgan fingerprint density at radius 1 is 0.667 bits per heavy atom. The number of carbonyl (C=O) groups excluding carboxylic acids is 2. The van der Waals surface area contributed by atoms with Crippen molar-refractivity contribution in [1.82, 2.24) is 0 Å². The van der Waals surface area contributed by atoms with Crippen molar-refractivity contribution in [2.24, 2.45) is 0 Å². The summed E-state index contributed by atoms with van der Waals surface area (Å²) in [4.78, 5) is 24.7. The third-order valence-corrected chi connectivity index (χ3v) is 4.34. The molecular weight excluding hydrogens is 336 g/mol. The smallest absolute Gasteiger partial charge is 0.255 e. The first-order chi connectivity index (χ1) is 13.0. The van der Waals surface area contributed by atoms with Gasteiger partial charge in [0, 0.05) is 22.5 Å². The molecule has 0 bridgehead atoms. The number of anilines is 2. The lowest BCUT2D eigenvalue weighted by atomic mass is 10.1. The summed E-state index contributed by atoms with van der Waals surface area (Å²) in [5, 5.41) is 5.71. The van der Waals surface area contributed by atoms with Crippen molar-refractivity contribution in [3.05, 3.63) is 95.1 Å². The molecule has 0 heterocycles. The minimum atomic E-state index is -0.207. The monoisotopic (exact) mass is 358 g/mol. The quantitative estimate of drug-likeness (QED) is 0.669. The molecule has 3 aromatic carbocycles. The van der Waals surface area contributed by atoms with Gasteiger partial charge >= 0.3 is 0 Å². The number of rotatable bonds is 5. The molecule has 4 heteroatoms. The van der Waals surface area contributed by atoms with Crippen LogP contribution in [0.2, 0.25) is 0 Å². The zero-order chi connectivity index (χ0) is 19.2. The van der Waals surface area contributed by atoms with Crippen LogP contribution in [-0.2, 0) is 6.42 Å². The van der Waals surface area contributed by atoms with Gasteiger partial charge in [0.25, 0.3) is 11.8 Å². The van der Waals surface area contributed by atoms with Crippen LogP contribution in [0.5, 0.6) is 0 Å². The molecule has 3 rings (SSSR count). The zero-order valence-corrected chi connectivity index (χ0v) is 15.5. The molecule has 0 unspecified atom stereocenters. The van der Waals surface area contributed by atoms with E-state index in [1.54, 1.807) is 24.3 Å². The van der Waals surface area contributed by atoms with Crippen LogP contribution in [0.25, 0.3) is 0 Å². The second kappa shape index (κ2) is 8.32. The van der Waals surface area contributed by atoms with Crippen LogP contribution >= 0.6 is 0 Å². The molecule has 27 heavy (non-hydrogen) atoms. The van der Waals surface area contributed by atoms with Crippen molar-refractivity contribution in [1.29, 1.82) is 0 Å². The van der Waals surface area contributed by atoms with Crippen LogP contribution in [0, 0.1) is 6.92 Å². The van der Waals surface area contributed by atoms with Crippen molar-refractivity contribution in [2.75, 3.05) is 10.6 Å². The van der Waals surface area contributed by atoms with E-state index < -0.39 is 0 Å². The Morgan fingerprint density at radius 3 is 1.48 bits per heavy atom. The van der Waals surface area contributed by atoms with Crippen molar-refractivity contribution >= 4 is 23.2 Å². The average Bonchev–Trinajstić information content (AvgIpc) is 2.70. The lowest BCUT2D eigenvalue weighted by molar-refractivity contribution is 0.101. The molecule has 0 atom stereocenters. The first-order valence-electron chi connectivity index (χ1n) is 8.93. The van der Waals surface area contributed by atoms with E-state index in [0.29, 0.717) is 11.1 Å². The molecule has 0 fully saturated rings. The highest BCUT2D eigenvalue weighted by Gasteiger charge is 2.10. The normalized spacial score (nSPS) is 10.3. The highest BCUT2D eigenvalue weighted by Crippen LogP contribution is 2.14. The molecule has 0 spiro atoms. The molecule has 3 aromatic rings. The van der Waals surface area contributed by atoms with Crippen LogP contribution in [-0.4, -0.2) is 11.8 Å². The van der Waals surface area contributed by atoms with E-state index in [1.807, 2.05) is 55.5 Å². The predicted octanol–water partition coefficient (Wildman–Crippen LogP) is 5.06. The number of carbonyl (C=O) groups is 2. The summed E-state index contributed by atoms with van der Waals surface area (Å²) in [5.74, 6) is -0.411. The van der Waals surface area contributed by atoms with Gasteiger partial charge in [-0.1, -0.05) is 36.8 Å². The molecule has 0 aliphatic rings. The molecule has 0 aliphatic carbocycles. The molecule has 0 radical (unpaired) electrons. The Kier molecular flexibility index (Phi) is 5.67. The van der Waals surface area contributed by atoms with Crippen LogP contribution in [0.1, 0.15) is 38.8 Å². The Balaban J connectivity index is 1.63. The maximum Gasteiger partial charge on any atom is 0.255 e. The van der Waals surface area contributed by atoms with E-state index in [2.05, 4.69) is 17.6 Å². The average molecular weight is 358 g/mol. The molecule has 2 N–H and O–H groups in total. The highest BCUT2D eigenvalue weighted by atomic mass is 16.2. The molecule has 2 amide bonds. The number of hydrogen-bond donors (Lipinski definition) is 2. The molecular formula is C23H22N2O2. The van der Waals surface area contributed by atoms with E-state index in [4.69, 9.17) is 0 Å². The third kappa shape index (κ3) is 4.82. The van der Waals surface area contributed by atoms with Gasteiger partial charge in [0.1, 0.15) is 0 Å². The molecule has 0 saturated carbocycles. The summed E-state index contributed by atoms with van der Waals surface area (Å²) in [5.41, 5.74) is 4.84. The fraction of sp³-hybridized carbons (Fsp3) is 0.130. The van der Waals surface area contributed by atoms with Gasteiger partial charge in [0.15, 0.2) is 0 Å². The van der Waals surface area contributed by atoms with Gasteiger partial charge in [-0.3, -0.25) is 9.59 Å². The Hall–Kier alpha value is -3.40. The maximum absolute atomic E-state index is 12.4.